The number of benzene rings is 1. The average molecular weight is 419 g/mol. The van der Waals surface area contributed by atoms with Crippen LogP contribution >= 0.6 is 11.8 Å². The minimum absolute atomic E-state index is 0.0453. The number of carbonyl (C=O) groups excluding carboxylic acids is 1. The molecule has 0 heterocycles. The normalized spacial score (nSPS) is 27.1. The van der Waals surface area contributed by atoms with E-state index in [2.05, 4.69) is 6.92 Å². The molecule has 6 heteroatoms. The van der Waals surface area contributed by atoms with Crippen molar-refractivity contribution in [2.45, 2.75) is 68.7 Å². The summed E-state index contributed by atoms with van der Waals surface area (Å²) in [5, 5.41) is 29.6. The number of hydrogen-bond acceptors (Lipinski definition) is 5. The van der Waals surface area contributed by atoms with Crippen LogP contribution in [-0.4, -0.2) is 44.5 Å². The van der Waals surface area contributed by atoms with Crippen molar-refractivity contribution in [2.24, 2.45) is 11.3 Å². The number of hydrogen-bond donors (Lipinski definition) is 3. The highest BCUT2D eigenvalue weighted by Crippen LogP contribution is 2.47. The zero-order valence-corrected chi connectivity index (χ0v) is 17.6. The van der Waals surface area contributed by atoms with Crippen molar-refractivity contribution in [1.29, 1.82) is 0 Å². The molecule has 2 aliphatic carbocycles. The van der Waals surface area contributed by atoms with Crippen LogP contribution in [0.1, 0.15) is 61.4 Å². The summed E-state index contributed by atoms with van der Waals surface area (Å²) in [4.78, 5) is 23.3. The fourth-order valence-electron chi connectivity index (χ4n) is 4.41. The molecule has 3 rings (SSSR count). The van der Waals surface area contributed by atoms with Gasteiger partial charge in [0.05, 0.1) is 23.0 Å². The monoisotopic (exact) mass is 418 g/mol. The van der Waals surface area contributed by atoms with Crippen LogP contribution < -0.4 is 0 Å². The first kappa shape index (κ1) is 22.1. The number of thioether (sulfide) groups is 1. The lowest BCUT2D eigenvalue weighted by Gasteiger charge is -2.45. The maximum absolute atomic E-state index is 12.4. The van der Waals surface area contributed by atoms with Crippen molar-refractivity contribution in [3.05, 3.63) is 47.5 Å². The largest absolute Gasteiger partial charge is 0.478 e. The highest BCUT2D eigenvalue weighted by atomic mass is 32.2. The van der Waals surface area contributed by atoms with E-state index in [4.69, 9.17) is 5.11 Å². The van der Waals surface area contributed by atoms with Gasteiger partial charge in [-0.05, 0) is 48.8 Å². The number of carbonyl (C=O) groups is 2. The van der Waals surface area contributed by atoms with Gasteiger partial charge >= 0.3 is 5.97 Å². The van der Waals surface area contributed by atoms with E-state index >= 15 is 0 Å². The highest BCUT2D eigenvalue weighted by Gasteiger charge is 2.42. The molecule has 0 aliphatic heterocycles. The number of aromatic carboxylic acids is 1. The molecular weight excluding hydrogens is 388 g/mol. The van der Waals surface area contributed by atoms with Crippen LogP contribution in [-0.2, 0) is 10.5 Å². The van der Waals surface area contributed by atoms with Crippen LogP contribution in [0.25, 0.3) is 0 Å². The maximum atomic E-state index is 12.4. The molecule has 29 heavy (non-hydrogen) atoms. The van der Waals surface area contributed by atoms with Crippen molar-refractivity contribution in [3.63, 3.8) is 0 Å². The lowest BCUT2D eigenvalue weighted by molar-refractivity contribution is -0.117. The van der Waals surface area contributed by atoms with Gasteiger partial charge in [-0.15, -0.1) is 11.8 Å². The molecule has 4 atom stereocenters. The van der Waals surface area contributed by atoms with E-state index < -0.39 is 12.1 Å². The summed E-state index contributed by atoms with van der Waals surface area (Å²) in [7, 11) is 0. The number of Topliss-reactive ketones (excluding diaryl/α,β-unsaturated/α-hetero) is 1. The number of ketones is 1. The summed E-state index contributed by atoms with van der Waals surface area (Å²) in [5.74, 6) is -0.590. The molecule has 2 saturated carbocycles. The van der Waals surface area contributed by atoms with Crippen LogP contribution in [0.2, 0.25) is 0 Å². The van der Waals surface area contributed by atoms with E-state index in [1.165, 1.54) is 18.2 Å². The van der Waals surface area contributed by atoms with Crippen molar-refractivity contribution >= 4 is 23.5 Å². The molecule has 2 fully saturated rings. The minimum Gasteiger partial charge on any atom is -0.478 e. The standard InChI is InChI=1S/C23H30O5S/c1-2-23(11-4-12-23)20(26)6-3-5-17-18(24)13-19(25)21(17)29-14-15-7-9-16(10-8-15)22(27)28/h3,5,7-10,17-18,20-21,24,26H,2,4,6,11-14H2,1H3,(H,27,28)/b5-3+/t17-,18+,20?,21?/m0/s1. The Labute approximate surface area is 176 Å². The zero-order chi connectivity index (χ0) is 21.0. The summed E-state index contributed by atoms with van der Waals surface area (Å²) in [6.45, 7) is 2.13. The lowest BCUT2D eigenvalue weighted by Crippen LogP contribution is -2.40. The molecule has 158 valence electrons. The molecule has 0 saturated heterocycles. The van der Waals surface area contributed by atoms with Gasteiger partial charge in [-0.25, -0.2) is 4.79 Å². The van der Waals surface area contributed by atoms with Gasteiger partial charge in [0.25, 0.3) is 0 Å². The molecule has 0 bridgehead atoms. The van der Waals surface area contributed by atoms with Crippen LogP contribution in [0.3, 0.4) is 0 Å². The molecule has 3 N–H and O–H groups in total. The smallest absolute Gasteiger partial charge is 0.335 e. The third-order valence-corrected chi connectivity index (χ3v) is 8.07. The number of carboxylic acids is 1. The Bertz CT molecular complexity index is 748. The summed E-state index contributed by atoms with van der Waals surface area (Å²) in [6, 6.07) is 6.64. The molecule has 0 aromatic heterocycles. The second-order valence-electron chi connectivity index (χ2n) is 8.30. The van der Waals surface area contributed by atoms with E-state index in [9.17, 15) is 19.8 Å². The van der Waals surface area contributed by atoms with E-state index in [0.29, 0.717) is 12.2 Å². The SMILES string of the molecule is CCC1(C(O)C/C=C/[C@@H]2C(SCc3ccc(C(=O)O)cc3)C(=O)C[C@H]2O)CCC1. The van der Waals surface area contributed by atoms with Crippen LogP contribution in [0.15, 0.2) is 36.4 Å². The van der Waals surface area contributed by atoms with Gasteiger partial charge in [-0.3, -0.25) is 4.79 Å². The van der Waals surface area contributed by atoms with Crippen molar-refractivity contribution < 1.29 is 24.9 Å². The lowest BCUT2D eigenvalue weighted by atomic mass is 9.63. The summed E-state index contributed by atoms with van der Waals surface area (Å²) < 4.78 is 0. The summed E-state index contributed by atoms with van der Waals surface area (Å²) in [5.41, 5.74) is 1.23. The molecule has 0 amide bonds. The van der Waals surface area contributed by atoms with Crippen LogP contribution in [0.4, 0.5) is 0 Å². The molecule has 1 aromatic rings. The van der Waals surface area contributed by atoms with Gasteiger partial charge in [-0.1, -0.05) is 37.6 Å². The minimum atomic E-state index is -0.961. The molecule has 5 nitrogen and oxygen atoms in total. The number of rotatable bonds is 9. The van der Waals surface area contributed by atoms with Gasteiger partial charge in [-0.2, -0.15) is 0 Å². The van der Waals surface area contributed by atoms with Gasteiger partial charge in [0.15, 0.2) is 0 Å². The maximum Gasteiger partial charge on any atom is 0.335 e. The molecular formula is C23H30O5S. The topological polar surface area (TPSA) is 94.8 Å². The average Bonchev–Trinajstić information content (AvgIpc) is 2.93. The number of carboxylic acid groups (broad SMARTS) is 1. The Morgan fingerprint density at radius 3 is 2.55 bits per heavy atom. The molecule has 0 radical (unpaired) electrons. The predicted molar refractivity (Wildman–Crippen MR) is 114 cm³/mol. The highest BCUT2D eigenvalue weighted by molar-refractivity contribution is 7.99. The van der Waals surface area contributed by atoms with Gasteiger partial charge < -0.3 is 15.3 Å². The summed E-state index contributed by atoms with van der Waals surface area (Å²) in [6.07, 6.45) is 7.80. The van der Waals surface area contributed by atoms with E-state index in [-0.39, 0.29) is 40.5 Å². The third kappa shape index (κ3) is 4.93. The number of aliphatic hydroxyl groups excluding tert-OH is 2. The molecule has 2 aliphatic rings. The van der Waals surface area contributed by atoms with Gasteiger partial charge in [0.1, 0.15) is 5.78 Å². The first-order chi connectivity index (χ1) is 13.9. The van der Waals surface area contributed by atoms with Crippen molar-refractivity contribution in [2.75, 3.05) is 0 Å². The van der Waals surface area contributed by atoms with Crippen molar-refractivity contribution in [3.8, 4) is 0 Å². The Morgan fingerprint density at radius 1 is 1.31 bits per heavy atom. The Hall–Kier alpha value is -1.63. The van der Waals surface area contributed by atoms with Gasteiger partial charge in [0.2, 0.25) is 0 Å². The van der Waals surface area contributed by atoms with Crippen LogP contribution in [0.5, 0.6) is 0 Å². The van der Waals surface area contributed by atoms with Crippen molar-refractivity contribution in [1.82, 2.24) is 0 Å². The summed E-state index contributed by atoms with van der Waals surface area (Å²) >= 11 is 1.49. The predicted octanol–water partition coefficient (Wildman–Crippen LogP) is 3.82. The van der Waals surface area contributed by atoms with E-state index in [1.54, 1.807) is 24.3 Å². The van der Waals surface area contributed by atoms with E-state index in [0.717, 1.165) is 24.8 Å². The second-order valence-corrected chi connectivity index (χ2v) is 9.43. The first-order valence-electron chi connectivity index (χ1n) is 10.4. The third-order valence-electron chi connectivity index (χ3n) is 6.63. The first-order valence-corrected chi connectivity index (χ1v) is 11.4. The van der Waals surface area contributed by atoms with Crippen LogP contribution in [0, 0.1) is 11.3 Å². The Balaban J connectivity index is 1.58. The molecule has 1 aromatic carbocycles. The van der Waals surface area contributed by atoms with Gasteiger partial charge in [0, 0.05) is 18.1 Å². The molecule has 0 spiro atoms. The van der Waals surface area contributed by atoms with E-state index in [1.807, 2.05) is 12.2 Å². The zero-order valence-electron chi connectivity index (χ0n) is 16.8. The Morgan fingerprint density at radius 2 is 2.00 bits per heavy atom. The number of aliphatic hydroxyl groups is 2. The fourth-order valence-corrected chi connectivity index (χ4v) is 5.75. The quantitative estimate of drug-likeness (QED) is 0.528. The Kier molecular flexibility index (Phi) is 7.19. The second kappa shape index (κ2) is 9.45. The molecule has 2 unspecified atom stereocenters. The fraction of sp³-hybridized carbons (Fsp3) is 0.565.